The van der Waals surface area contributed by atoms with Gasteiger partial charge in [0.05, 0.1) is 24.4 Å². The average Bonchev–Trinajstić information content (AvgIpc) is 3.67. The minimum atomic E-state index is 0.472. The van der Waals surface area contributed by atoms with Crippen LogP contribution in [-0.2, 0) is 17.1 Å². The first kappa shape index (κ1) is 21.4. The molecule has 2 N–H and O–H groups in total. The Morgan fingerprint density at radius 1 is 1.12 bits per heavy atom. The van der Waals surface area contributed by atoms with Gasteiger partial charge >= 0.3 is 0 Å². The van der Waals surface area contributed by atoms with Crippen LogP contribution in [0.2, 0.25) is 0 Å². The van der Waals surface area contributed by atoms with Gasteiger partial charge in [0.25, 0.3) is 0 Å². The number of rotatable bonds is 8. The molecule has 6 heteroatoms. The lowest BCUT2D eigenvalue weighted by atomic mass is 9.93. The van der Waals surface area contributed by atoms with Crippen molar-refractivity contribution in [3.8, 4) is 17.2 Å². The molecule has 0 bridgehead atoms. The van der Waals surface area contributed by atoms with Crippen LogP contribution in [0.5, 0.6) is 0 Å². The van der Waals surface area contributed by atoms with Gasteiger partial charge in [0.2, 0.25) is 0 Å². The van der Waals surface area contributed by atoms with Gasteiger partial charge < -0.3 is 10.6 Å². The number of benzene rings is 2. The Hall–Kier alpha value is -2.46. The van der Waals surface area contributed by atoms with Gasteiger partial charge in [0, 0.05) is 43.3 Å². The average molecular weight is 447 g/mol. The van der Waals surface area contributed by atoms with E-state index in [4.69, 9.17) is 9.44 Å². The first-order chi connectivity index (χ1) is 15.8. The number of hydrogen-bond acceptors (Lipinski definition) is 6. The third kappa shape index (κ3) is 5.29. The van der Waals surface area contributed by atoms with E-state index >= 15 is 0 Å². The van der Waals surface area contributed by atoms with E-state index < -0.39 is 0 Å². The summed E-state index contributed by atoms with van der Waals surface area (Å²) in [4.78, 5) is 0. The smallest absolute Gasteiger partial charge is 0.0821 e. The number of fused-ring (bicyclic) bond motifs is 1. The molecule has 0 aromatic heterocycles. The third-order valence-corrected chi connectivity index (χ3v) is 7.29. The number of nitrogens with one attached hydrogen (secondary N) is 2. The first-order valence-electron chi connectivity index (χ1n) is 11.7. The van der Waals surface area contributed by atoms with E-state index in [9.17, 15) is 0 Å². The summed E-state index contributed by atoms with van der Waals surface area (Å²) in [6.45, 7) is 2.95. The summed E-state index contributed by atoms with van der Waals surface area (Å²) >= 11 is 1.57. The van der Waals surface area contributed by atoms with E-state index in [0.29, 0.717) is 18.6 Å². The minimum Gasteiger partial charge on any atom is -0.387 e. The summed E-state index contributed by atoms with van der Waals surface area (Å²) in [5.41, 5.74) is 7.50. The lowest BCUT2D eigenvalue weighted by molar-refractivity contribution is 0.296. The standard InChI is InChI=1S/C26H30N4OS/c27-11-2-4-19-3-1-5-20(15-19)22-16-21-8-12-28-18-25(21)26(17-22)29-23-9-13-30(14-10-23)32-31-24-6-7-24/h1,3,5,8,12,15-17,23-24,28-29H,2,4,6-7,9-10,13-14,18H2. The largest absolute Gasteiger partial charge is 0.387 e. The molecule has 0 radical (unpaired) electrons. The zero-order valence-electron chi connectivity index (χ0n) is 18.3. The minimum absolute atomic E-state index is 0.472. The summed E-state index contributed by atoms with van der Waals surface area (Å²) in [5.74, 6) is 0. The molecule has 32 heavy (non-hydrogen) atoms. The van der Waals surface area contributed by atoms with Crippen LogP contribution in [0.3, 0.4) is 0 Å². The van der Waals surface area contributed by atoms with Gasteiger partial charge in [-0.05, 0) is 78.8 Å². The number of nitriles is 1. The fourth-order valence-electron chi connectivity index (χ4n) is 4.33. The van der Waals surface area contributed by atoms with Gasteiger partial charge in [-0.25, -0.2) is 4.31 Å². The van der Waals surface area contributed by atoms with Gasteiger partial charge in [-0.3, -0.25) is 4.18 Å². The molecule has 166 valence electrons. The fraction of sp³-hybridized carbons (Fsp3) is 0.423. The second kappa shape index (κ2) is 9.99. The third-order valence-electron chi connectivity index (χ3n) is 6.35. The molecule has 0 atom stereocenters. The van der Waals surface area contributed by atoms with Gasteiger partial charge in [-0.1, -0.05) is 24.3 Å². The van der Waals surface area contributed by atoms with Gasteiger partial charge in [-0.15, -0.1) is 0 Å². The van der Waals surface area contributed by atoms with Crippen molar-refractivity contribution in [1.29, 1.82) is 5.26 Å². The highest BCUT2D eigenvalue weighted by molar-refractivity contribution is 7.92. The van der Waals surface area contributed by atoms with Crippen molar-refractivity contribution in [3.63, 3.8) is 0 Å². The summed E-state index contributed by atoms with van der Waals surface area (Å²) in [6, 6.07) is 15.9. The predicted molar refractivity (Wildman–Crippen MR) is 132 cm³/mol. The highest BCUT2D eigenvalue weighted by atomic mass is 32.2. The van der Waals surface area contributed by atoms with E-state index in [2.05, 4.69) is 63.5 Å². The topological polar surface area (TPSA) is 60.3 Å². The van der Waals surface area contributed by atoms with Crippen molar-refractivity contribution in [2.45, 2.75) is 57.2 Å². The Morgan fingerprint density at radius 2 is 2.00 bits per heavy atom. The van der Waals surface area contributed by atoms with Gasteiger partial charge in [-0.2, -0.15) is 5.26 Å². The van der Waals surface area contributed by atoms with Crippen LogP contribution in [0.25, 0.3) is 17.2 Å². The zero-order chi connectivity index (χ0) is 21.8. The van der Waals surface area contributed by atoms with E-state index in [-0.39, 0.29) is 0 Å². The number of aryl methyl sites for hydroxylation is 1. The molecule has 2 aromatic carbocycles. The first-order valence-corrected chi connectivity index (χ1v) is 12.4. The van der Waals surface area contributed by atoms with Crippen LogP contribution in [-0.4, -0.2) is 29.5 Å². The summed E-state index contributed by atoms with van der Waals surface area (Å²) < 4.78 is 8.17. The Morgan fingerprint density at radius 3 is 2.81 bits per heavy atom. The molecule has 3 aliphatic rings. The molecule has 0 amide bonds. The molecule has 2 fully saturated rings. The summed E-state index contributed by atoms with van der Waals surface area (Å²) in [5, 5.41) is 16.2. The normalized spacial score (nSPS) is 18.6. The molecule has 2 aliphatic heterocycles. The van der Waals surface area contributed by atoms with Crippen LogP contribution in [0.4, 0.5) is 5.69 Å². The second-order valence-corrected chi connectivity index (χ2v) is 9.74. The number of anilines is 1. The molecule has 0 spiro atoms. The Balaban J connectivity index is 1.32. The molecule has 5 nitrogen and oxygen atoms in total. The van der Waals surface area contributed by atoms with Crippen LogP contribution in [0, 0.1) is 11.3 Å². The molecular formula is C26H30N4OS. The maximum absolute atomic E-state index is 8.93. The van der Waals surface area contributed by atoms with Crippen LogP contribution in [0.1, 0.15) is 48.8 Å². The lowest BCUT2D eigenvalue weighted by Gasteiger charge is -2.32. The van der Waals surface area contributed by atoms with Crippen LogP contribution < -0.4 is 10.6 Å². The molecular weight excluding hydrogens is 416 g/mol. The monoisotopic (exact) mass is 446 g/mol. The molecule has 1 saturated carbocycles. The number of hydrogen-bond donors (Lipinski definition) is 2. The van der Waals surface area contributed by atoms with E-state index in [1.165, 1.54) is 46.3 Å². The van der Waals surface area contributed by atoms with Crippen LogP contribution in [0.15, 0.2) is 42.6 Å². The predicted octanol–water partition coefficient (Wildman–Crippen LogP) is 5.50. The van der Waals surface area contributed by atoms with Crippen molar-refractivity contribution in [2.75, 3.05) is 18.4 Å². The van der Waals surface area contributed by atoms with E-state index in [1.54, 1.807) is 12.2 Å². The lowest BCUT2D eigenvalue weighted by Crippen LogP contribution is -2.36. The van der Waals surface area contributed by atoms with Crippen molar-refractivity contribution in [3.05, 3.63) is 59.3 Å². The molecule has 2 heterocycles. The number of nitrogens with zero attached hydrogens (tertiary/aromatic N) is 2. The van der Waals surface area contributed by atoms with Gasteiger partial charge in [0.15, 0.2) is 0 Å². The van der Waals surface area contributed by atoms with Crippen molar-refractivity contribution in [2.24, 2.45) is 0 Å². The maximum Gasteiger partial charge on any atom is 0.0821 e. The Kier molecular flexibility index (Phi) is 6.68. The van der Waals surface area contributed by atoms with Gasteiger partial charge in [0.1, 0.15) is 0 Å². The van der Waals surface area contributed by atoms with E-state index in [1.807, 2.05) is 6.20 Å². The molecule has 1 aliphatic carbocycles. The quantitative estimate of drug-likeness (QED) is 0.412. The summed E-state index contributed by atoms with van der Waals surface area (Å²) in [7, 11) is 0. The Labute approximate surface area is 195 Å². The van der Waals surface area contributed by atoms with Crippen LogP contribution >= 0.6 is 12.2 Å². The molecule has 0 unspecified atom stereocenters. The molecule has 2 aromatic rings. The molecule has 5 rings (SSSR count). The number of piperidine rings is 1. The highest BCUT2D eigenvalue weighted by Crippen LogP contribution is 2.34. The molecule has 1 saturated heterocycles. The van der Waals surface area contributed by atoms with Crippen molar-refractivity contribution < 1.29 is 4.18 Å². The van der Waals surface area contributed by atoms with Crippen molar-refractivity contribution >= 4 is 24.0 Å². The highest BCUT2D eigenvalue weighted by Gasteiger charge is 2.26. The summed E-state index contributed by atoms with van der Waals surface area (Å²) in [6.07, 6.45) is 10.7. The fourth-order valence-corrected chi connectivity index (χ4v) is 5.13. The SMILES string of the molecule is N#CCCc1cccc(-c2cc3c(c(NC4CCN(SOC5CC5)CC4)c2)CNC=C3)c1. The van der Waals surface area contributed by atoms with E-state index in [0.717, 1.165) is 38.9 Å². The second-order valence-electron chi connectivity index (χ2n) is 8.88. The Bertz CT molecular complexity index is 1020. The van der Waals surface area contributed by atoms with Crippen molar-refractivity contribution in [1.82, 2.24) is 9.62 Å². The maximum atomic E-state index is 8.93. The zero-order valence-corrected chi connectivity index (χ0v) is 19.2.